The highest BCUT2D eigenvalue weighted by Crippen LogP contribution is 2.23. The van der Waals surface area contributed by atoms with Crippen molar-refractivity contribution in [3.8, 4) is 0 Å². The van der Waals surface area contributed by atoms with Gasteiger partial charge in [-0.15, -0.1) is 0 Å². The Labute approximate surface area is 130 Å². The number of amides is 1. The van der Waals surface area contributed by atoms with E-state index < -0.39 is 0 Å². The summed E-state index contributed by atoms with van der Waals surface area (Å²) in [5.41, 5.74) is 0.584. The van der Waals surface area contributed by atoms with Gasteiger partial charge >= 0.3 is 0 Å². The van der Waals surface area contributed by atoms with Crippen LogP contribution in [0.25, 0.3) is 0 Å². The lowest BCUT2D eigenvalue weighted by Crippen LogP contribution is -2.38. The molecule has 0 bridgehead atoms. The lowest BCUT2D eigenvalue weighted by molar-refractivity contribution is 0.0773. The van der Waals surface area contributed by atoms with Crippen molar-refractivity contribution in [3.05, 3.63) is 33.8 Å². The molecule has 20 heavy (non-hydrogen) atoms. The van der Waals surface area contributed by atoms with Gasteiger partial charge in [-0.05, 0) is 44.1 Å². The van der Waals surface area contributed by atoms with Crippen molar-refractivity contribution in [2.75, 3.05) is 33.2 Å². The van der Waals surface area contributed by atoms with E-state index in [2.05, 4.69) is 4.90 Å². The summed E-state index contributed by atoms with van der Waals surface area (Å²) in [5, 5.41) is 0.890. The second-order valence-electron chi connectivity index (χ2n) is 5.26. The summed E-state index contributed by atoms with van der Waals surface area (Å²) in [6.07, 6.45) is 3.86. The normalized spacial score (nSPS) is 16.1. The molecule has 5 heteroatoms. The quantitative estimate of drug-likeness (QED) is 0.848. The molecular formula is C15H20Cl2N2O. The monoisotopic (exact) mass is 314 g/mol. The maximum Gasteiger partial charge on any atom is 0.253 e. The highest BCUT2D eigenvalue weighted by molar-refractivity contribution is 6.42. The molecule has 1 fully saturated rings. The first-order valence-corrected chi connectivity index (χ1v) is 7.76. The number of halogens is 2. The molecule has 0 saturated carbocycles. The third kappa shape index (κ3) is 4.11. The lowest BCUT2D eigenvalue weighted by atomic mass is 10.1. The Kier molecular flexibility index (Phi) is 5.70. The minimum absolute atomic E-state index is 0.0134. The minimum atomic E-state index is -0.0134. The first-order chi connectivity index (χ1) is 9.58. The Balaban J connectivity index is 1.89. The predicted molar refractivity (Wildman–Crippen MR) is 83.7 cm³/mol. The molecule has 0 spiro atoms. The van der Waals surface area contributed by atoms with Crippen LogP contribution < -0.4 is 0 Å². The SMILES string of the molecule is CN(CCN1CCCCC1)C(=O)c1ccc(Cl)c(Cl)c1. The zero-order chi connectivity index (χ0) is 14.5. The van der Waals surface area contributed by atoms with Crippen molar-refractivity contribution in [1.82, 2.24) is 9.80 Å². The molecule has 0 aromatic heterocycles. The van der Waals surface area contributed by atoms with Crippen LogP contribution in [-0.2, 0) is 0 Å². The molecule has 1 aromatic carbocycles. The van der Waals surface area contributed by atoms with Crippen LogP contribution in [0.15, 0.2) is 18.2 Å². The van der Waals surface area contributed by atoms with Crippen LogP contribution >= 0.6 is 23.2 Å². The van der Waals surface area contributed by atoms with Gasteiger partial charge in [-0.2, -0.15) is 0 Å². The van der Waals surface area contributed by atoms with Gasteiger partial charge in [0.25, 0.3) is 5.91 Å². The van der Waals surface area contributed by atoms with Crippen LogP contribution in [0.4, 0.5) is 0 Å². The Hall–Kier alpha value is -0.770. The van der Waals surface area contributed by atoms with Gasteiger partial charge in [-0.25, -0.2) is 0 Å². The first kappa shape index (κ1) is 15.6. The highest BCUT2D eigenvalue weighted by atomic mass is 35.5. The second kappa shape index (κ2) is 7.30. The van der Waals surface area contributed by atoms with Gasteiger partial charge < -0.3 is 9.80 Å². The average molecular weight is 315 g/mol. The largest absolute Gasteiger partial charge is 0.340 e. The molecular weight excluding hydrogens is 295 g/mol. The van der Waals surface area contributed by atoms with Crippen molar-refractivity contribution in [2.45, 2.75) is 19.3 Å². The Morgan fingerprint density at radius 2 is 1.90 bits per heavy atom. The third-order valence-corrected chi connectivity index (χ3v) is 4.45. The summed E-state index contributed by atoms with van der Waals surface area (Å²) < 4.78 is 0. The minimum Gasteiger partial charge on any atom is -0.340 e. The predicted octanol–water partition coefficient (Wildman–Crippen LogP) is 3.55. The summed E-state index contributed by atoms with van der Waals surface area (Å²) in [4.78, 5) is 16.4. The van der Waals surface area contributed by atoms with E-state index in [0.29, 0.717) is 15.6 Å². The van der Waals surface area contributed by atoms with Gasteiger partial charge in [-0.1, -0.05) is 29.6 Å². The summed E-state index contributed by atoms with van der Waals surface area (Å²) in [6, 6.07) is 5.01. The molecule has 1 amide bonds. The number of piperidine rings is 1. The fraction of sp³-hybridized carbons (Fsp3) is 0.533. The van der Waals surface area contributed by atoms with E-state index in [4.69, 9.17) is 23.2 Å². The Bertz CT molecular complexity index is 473. The fourth-order valence-electron chi connectivity index (χ4n) is 2.43. The number of hydrogen-bond acceptors (Lipinski definition) is 2. The van der Waals surface area contributed by atoms with Crippen LogP contribution in [0.3, 0.4) is 0 Å². The average Bonchev–Trinajstić information content (AvgIpc) is 2.48. The molecule has 3 nitrogen and oxygen atoms in total. The van der Waals surface area contributed by atoms with Crippen LogP contribution in [0, 0.1) is 0 Å². The number of rotatable bonds is 4. The van der Waals surface area contributed by atoms with Crippen molar-refractivity contribution < 1.29 is 4.79 Å². The molecule has 1 heterocycles. The Morgan fingerprint density at radius 3 is 2.55 bits per heavy atom. The number of likely N-dealkylation sites (N-methyl/N-ethyl adjacent to an activating group) is 1. The van der Waals surface area contributed by atoms with E-state index in [9.17, 15) is 4.79 Å². The van der Waals surface area contributed by atoms with Gasteiger partial charge in [0.15, 0.2) is 0 Å². The number of carbonyl (C=O) groups excluding carboxylic acids is 1. The summed E-state index contributed by atoms with van der Waals surface area (Å²) >= 11 is 11.8. The van der Waals surface area contributed by atoms with Crippen LogP contribution in [0.2, 0.25) is 10.0 Å². The van der Waals surface area contributed by atoms with E-state index >= 15 is 0 Å². The third-order valence-electron chi connectivity index (χ3n) is 3.71. The van der Waals surface area contributed by atoms with Crippen LogP contribution in [0.5, 0.6) is 0 Å². The molecule has 2 rings (SSSR count). The zero-order valence-electron chi connectivity index (χ0n) is 11.7. The number of benzene rings is 1. The smallest absolute Gasteiger partial charge is 0.253 e. The van der Waals surface area contributed by atoms with E-state index in [0.717, 1.165) is 26.2 Å². The van der Waals surface area contributed by atoms with E-state index in [1.165, 1.54) is 19.3 Å². The topological polar surface area (TPSA) is 23.6 Å². The number of likely N-dealkylation sites (tertiary alicyclic amines) is 1. The molecule has 1 aromatic rings. The van der Waals surface area contributed by atoms with Gasteiger partial charge in [0.2, 0.25) is 0 Å². The molecule has 0 aliphatic carbocycles. The number of nitrogens with zero attached hydrogens (tertiary/aromatic N) is 2. The van der Waals surface area contributed by atoms with Gasteiger partial charge in [-0.3, -0.25) is 4.79 Å². The molecule has 0 N–H and O–H groups in total. The summed E-state index contributed by atoms with van der Waals surface area (Å²) in [6.45, 7) is 3.96. The molecule has 0 radical (unpaired) electrons. The van der Waals surface area contributed by atoms with Crippen molar-refractivity contribution in [2.24, 2.45) is 0 Å². The van der Waals surface area contributed by atoms with E-state index in [1.807, 2.05) is 7.05 Å². The van der Waals surface area contributed by atoms with Crippen LogP contribution in [-0.4, -0.2) is 48.9 Å². The molecule has 1 saturated heterocycles. The Morgan fingerprint density at radius 1 is 1.20 bits per heavy atom. The lowest BCUT2D eigenvalue weighted by Gasteiger charge is -2.28. The highest BCUT2D eigenvalue weighted by Gasteiger charge is 2.15. The van der Waals surface area contributed by atoms with Crippen molar-refractivity contribution in [1.29, 1.82) is 0 Å². The fourth-order valence-corrected chi connectivity index (χ4v) is 2.72. The zero-order valence-corrected chi connectivity index (χ0v) is 13.3. The van der Waals surface area contributed by atoms with Crippen molar-refractivity contribution >= 4 is 29.1 Å². The summed E-state index contributed by atoms with van der Waals surface area (Å²) in [5.74, 6) is -0.0134. The molecule has 0 atom stereocenters. The molecule has 110 valence electrons. The second-order valence-corrected chi connectivity index (χ2v) is 6.07. The molecule has 1 aliphatic rings. The standard InChI is InChI=1S/C15H20Cl2N2O/c1-18(9-10-19-7-3-2-4-8-19)15(20)12-5-6-13(16)14(17)11-12/h5-6,11H,2-4,7-10H2,1H3. The van der Waals surface area contributed by atoms with E-state index in [-0.39, 0.29) is 5.91 Å². The van der Waals surface area contributed by atoms with Crippen LogP contribution in [0.1, 0.15) is 29.6 Å². The van der Waals surface area contributed by atoms with E-state index in [1.54, 1.807) is 23.1 Å². The van der Waals surface area contributed by atoms with Gasteiger partial charge in [0, 0.05) is 25.7 Å². The van der Waals surface area contributed by atoms with Crippen molar-refractivity contribution in [3.63, 3.8) is 0 Å². The summed E-state index contributed by atoms with van der Waals surface area (Å²) in [7, 11) is 1.83. The van der Waals surface area contributed by atoms with Gasteiger partial charge in [0.05, 0.1) is 10.0 Å². The number of hydrogen-bond donors (Lipinski definition) is 0. The maximum atomic E-state index is 12.3. The number of carbonyl (C=O) groups is 1. The van der Waals surface area contributed by atoms with Gasteiger partial charge in [0.1, 0.15) is 0 Å². The first-order valence-electron chi connectivity index (χ1n) is 7.01. The molecule has 1 aliphatic heterocycles. The molecule has 0 unspecified atom stereocenters. The maximum absolute atomic E-state index is 12.3.